The zero-order chi connectivity index (χ0) is 18.8. The zero-order valence-electron chi connectivity index (χ0n) is 17.3. The second-order valence-electron chi connectivity index (χ2n) is 8.42. The molecule has 148 valence electrons. The van der Waals surface area contributed by atoms with Crippen LogP contribution in [0.2, 0.25) is 0 Å². The van der Waals surface area contributed by atoms with E-state index in [-0.39, 0.29) is 0 Å². The molecule has 3 heterocycles. The molecular formula is C22H35N5. The van der Waals surface area contributed by atoms with Crippen LogP contribution in [0, 0.1) is 0 Å². The second kappa shape index (κ2) is 8.21. The molecule has 0 unspecified atom stereocenters. The molecule has 1 aromatic heterocycles. The number of aryl methyl sites for hydroxylation is 2. The number of likely N-dealkylation sites (N-methyl/N-ethyl adjacent to an activating group) is 2. The van der Waals surface area contributed by atoms with Gasteiger partial charge in [0, 0.05) is 75.9 Å². The summed E-state index contributed by atoms with van der Waals surface area (Å²) in [6.45, 7) is 10.7. The van der Waals surface area contributed by atoms with Crippen LogP contribution in [0.25, 0.3) is 10.9 Å². The van der Waals surface area contributed by atoms with Crippen LogP contribution in [0.5, 0.6) is 0 Å². The minimum Gasteiger partial charge on any atom is -0.355 e. The quantitative estimate of drug-likeness (QED) is 0.803. The van der Waals surface area contributed by atoms with Crippen LogP contribution < -0.4 is 4.90 Å². The van der Waals surface area contributed by atoms with Crippen molar-refractivity contribution in [3.8, 4) is 0 Å². The lowest BCUT2D eigenvalue weighted by Crippen LogP contribution is -2.45. The highest BCUT2D eigenvalue weighted by molar-refractivity contribution is 5.90. The normalized spacial score (nSPS) is 20.6. The van der Waals surface area contributed by atoms with E-state index in [4.69, 9.17) is 0 Å². The van der Waals surface area contributed by atoms with E-state index in [1.54, 1.807) is 5.56 Å². The van der Waals surface area contributed by atoms with Crippen LogP contribution in [0.15, 0.2) is 24.3 Å². The number of nitrogens with zero attached hydrogens (tertiary/aromatic N) is 5. The number of benzene rings is 1. The van der Waals surface area contributed by atoms with Crippen molar-refractivity contribution in [2.45, 2.75) is 12.8 Å². The Balaban J connectivity index is 1.52. The number of anilines is 1. The molecule has 1 aromatic carbocycles. The van der Waals surface area contributed by atoms with Gasteiger partial charge in [0.2, 0.25) is 0 Å². The van der Waals surface area contributed by atoms with Gasteiger partial charge in [-0.05, 0) is 39.5 Å². The van der Waals surface area contributed by atoms with Crippen LogP contribution in [-0.4, -0.2) is 92.3 Å². The van der Waals surface area contributed by atoms with Crippen molar-refractivity contribution >= 4 is 16.7 Å². The fourth-order valence-corrected chi connectivity index (χ4v) is 4.68. The Labute approximate surface area is 164 Å². The predicted octanol–water partition coefficient (Wildman–Crippen LogP) is 2.11. The minimum atomic E-state index is 1.13. The summed E-state index contributed by atoms with van der Waals surface area (Å²) in [4.78, 5) is 10.1. The largest absolute Gasteiger partial charge is 0.355 e. The molecule has 2 fully saturated rings. The fourth-order valence-electron chi connectivity index (χ4n) is 4.68. The number of piperazine rings is 2. The van der Waals surface area contributed by atoms with Crippen molar-refractivity contribution in [1.29, 1.82) is 0 Å². The first kappa shape index (κ1) is 18.8. The number of para-hydroxylation sites is 1. The Kier molecular flexibility index (Phi) is 5.71. The minimum absolute atomic E-state index is 1.13. The monoisotopic (exact) mass is 369 g/mol. The molecule has 2 aliphatic rings. The van der Waals surface area contributed by atoms with Gasteiger partial charge in [-0.25, -0.2) is 0 Å². The molecule has 0 saturated carbocycles. The van der Waals surface area contributed by atoms with Gasteiger partial charge in [-0.2, -0.15) is 0 Å². The van der Waals surface area contributed by atoms with Crippen molar-refractivity contribution in [1.82, 2.24) is 19.3 Å². The SMILES string of the molecule is CN1CCN(CCCc2c(N3CCN(C)CC3)n(C)c3ccccc23)CC1. The first-order valence-corrected chi connectivity index (χ1v) is 10.5. The highest BCUT2D eigenvalue weighted by atomic mass is 15.3. The Morgan fingerprint density at radius 2 is 1.41 bits per heavy atom. The lowest BCUT2D eigenvalue weighted by Gasteiger charge is -2.35. The zero-order valence-corrected chi connectivity index (χ0v) is 17.3. The summed E-state index contributed by atoms with van der Waals surface area (Å²) in [7, 11) is 6.71. The van der Waals surface area contributed by atoms with Crippen molar-refractivity contribution in [2.75, 3.05) is 77.9 Å². The van der Waals surface area contributed by atoms with E-state index in [9.17, 15) is 0 Å². The molecule has 5 nitrogen and oxygen atoms in total. The van der Waals surface area contributed by atoms with Gasteiger partial charge in [-0.3, -0.25) is 0 Å². The van der Waals surface area contributed by atoms with Crippen LogP contribution in [0.3, 0.4) is 0 Å². The van der Waals surface area contributed by atoms with Gasteiger partial charge >= 0.3 is 0 Å². The number of fused-ring (bicyclic) bond motifs is 1. The van der Waals surface area contributed by atoms with Crippen molar-refractivity contribution in [2.24, 2.45) is 7.05 Å². The lowest BCUT2D eigenvalue weighted by molar-refractivity contribution is 0.153. The van der Waals surface area contributed by atoms with Gasteiger partial charge in [0.15, 0.2) is 0 Å². The fraction of sp³-hybridized carbons (Fsp3) is 0.636. The second-order valence-corrected chi connectivity index (χ2v) is 8.42. The van der Waals surface area contributed by atoms with E-state index in [0.29, 0.717) is 0 Å². The maximum Gasteiger partial charge on any atom is 0.112 e. The van der Waals surface area contributed by atoms with Crippen LogP contribution >= 0.6 is 0 Å². The molecule has 2 aliphatic heterocycles. The molecule has 0 atom stereocenters. The predicted molar refractivity (Wildman–Crippen MR) is 115 cm³/mol. The molecule has 0 N–H and O–H groups in total. The molecule has 2 aromatic rings. The molecule has 0 amide bonds. The summed E-state index contributed by atoms with van der Waals surface area (Å²) in [6, 6.07) is 8.96. The lowest BCUT2D eigenvalue weighted by atomic mass is 10.1. The summed E-state index contributed by atoms with van der Waals surface area (Å²) in [6.07, 6.45) is 2.42. The topological polar surface area (TPSA) is 17.9 Å². The third kappa shape index (κ3) is 4.00. The maximum atomic E-state index is 2.64. The maximum absolute atomic E-state index is 2.64. The van der Waals surface area contributed by atoms with Crippen LogP contribution in [-0.2, 0) is 13.5 Å². The van der Waals surface area contributed by atoms with Crippen molar-refractivity contribution < 1.29 is 0 Å². The summed E-state index contributed by atoms with van der Waals surface area (Å²) >= 11 is 0. The highest BCUT2D eigenvalue weighted by Crippen LogP contribution is 2.33. The van der Waals surface area contributed by atoms with Gasteiger partial charge in [0.25, 0.3) is 0 Å². The first-order chi connectivity index (χ1) is 13.1. The number of hydrogen-bond donors (Lipinski definition) is 0. The smallest absolute Gasteiger partial charge is 0.112 e. The molecule has 0 radical (unpaired) electrons. The van der Waals surface area contributed by atoms with Crippen molar-refractivity contribution in [3.63, 3.8) is 0 Å². The highest BCUT2D eigenvalue weighted by Gasteiger charge is 2.23. The van der Waals surface area contributed by atoms with Gasteiger partial charge in [-0.1, -0.05) is 18.2 Å². The summed E-state index contributed by atoms with van der Waals surface area (Å²) in [5, 5.41) is 1.45. The van der Waals surface area contributed by atoms with Gasteiger partial charge < -0.3 is 24.2 Å². The molecule has 4 rings (SSSR count). The van der Waals surface area contributed by atoms with E-state index in [1.165, 1.54) is 62.3 Å². The van der Waals surface area contributed by atoms with Crippen LogP contribution in [0.1, 0.15) is 12.0 Å². The number of hydrogen-bond acceptors (Lipinski definition) is 4. The summed E-state index contributed by atoms with van der Waals surface area (Å²) in [5.74, 6) is 1.46. The van der Waals surface area contributed by atoms with E-state index < -0.39 is 0 Å². The Hall–Kier alpha value is -1.56. The standard InChI is InChI=1S/C22H35N5/c1-23-11-15-26(16-12-23)10-6-8-20-19-7-4-5-9-21(19)25(3)22(20)27-17-13-24(2)14-18-27/h4-5,7,9H,6,8,10-18H2,1-3H3. The molecule has 5 heteroatoms. The van der Waals surface area contributed by atoms with E-state index in [0.717, 1.165) is 26.2 Å². The molecule has 0 bridgehead atoms. The summed E-state index contributed by atoms with van der Waals surface area (Å²) < 4.78 is 2.44. The van der Waals surface area contributed by atoms with Gasteiger partial charge in [0.1, 0.15) is 5.82 Å². The van der Waals surface area contributed by atoms with E-state index >= 15 is 0 Å². The number of aromatic nitrogens is 1. The third-order valence-corrected chi connectivity index (χ3v) is 6.48. The third-order valence-electron chi connectivity index (χ3n) is 6.48. The average molecular weight is 370 g/mol. The van der Waals surface area contributed by atoms with Gasteiger partial charge in [0.05, 0.1) is 0 Å². The molecule has 0 aliphatic carbocycles. The molecule has 2 saturated heterocycles. The average Bonchev–Trinajstić information content (AvgIpc) is 2.97. The van der Waals surface area contributed by atoms with Crippen LogP contribution in [0.4, 0.5) is 5.82 Å². The molecule has 27 heavy (non-hydrogen) atoms. The van der Waals surface area contributed by atoms with Crippen molar-refractivity contribution in [3.05, 3.63) is 29.8 Å². The molecule has 0 spiro atoms. The summed E-state index contributed by atoms with van der Waals surface area (Å²) in [5.41, 5.74) is 2.94. The van der Waals surface area contributed by atoms with E-state index in [1.807, 2.05) is 0 Å². The first-order valence-electron chi connectivity index (χ1n) is 10.5. The Morgan fingerprint density at radius 3 is 2.11 bits per heavy atom. The molecular weight excluding hydrogens is 334 g/mol. The number of rotatable bonds is 5. The van der Waals surface area contributed by atoms with Gasteiger partial charge in [-0.15, -0.1) is 0 Å². The Bertz CT molecular complexity index is 751. The Morgan fingerprint density at radius 1 is 0.778 bits per heavy atom. The van der Waals surface area contributed by atoms with E-state index in [2.05, 4.69) is 69.6 Å².